The van der Waals surface area contributed by atoms with Crippen LogP contribution in [0.2, 0.25) is 0 Å². The summed E-state index contributed by atoms with van der Waals surface area (Å²) in [6, 6.07) is 0. The van der Waals surface area contributed by atoms with Crippen LogP contribution in [-0.2, 0) is 26.4 Å². The number of unbranched alkanes of at least 4 members (excludes halogenated alkanes) is 10. The van der Waals surface area contributed by atoms with Crippen LogP contribution in [0.3, 0.4) is 0 Å². The standard InChI is InChI=1S/2C9H18O2.Co/c2*1-2-3-4-5-6-7-8-9(10)11;/h2*2-8H2,1H3,(H,10,11);/q;;+2/p-2. The summed E-state index contributed by atoms with van der Waals surface area (Å²) in [6.45, 7) is 4.34. The van der Waals surface area contributed by atoms with Crippen LogP contribution in [0.4, 0.5) is 0 Å². The number of hydrogen-bond donors (Lipinski definition) is 0. The summed E-state index contributed by atoms with van der Waals surface area (Å²) >= 11 is 0. The summed E-state index contributed by atoms with van der Waals surface area (Å²) in [5.41, 5.74) is 0. The third-order valence-electron chi connectivity index (χ3n) is 3.47. The zero-order chi connectivity index (χ0) is 17.1. The van der Waals surface area contributed by atoms with Crippen LogP contribution in [0.15, 0.2) is 0 Å². The molecule has 0 aliphatic carbocycles. The van der Waals surface area contributed by atoms with Crippen LogP contribution in [0, 0.1) is 0 Å². The second-order valence-corrected chi connectivity index (χ2v) is 5.78. The second kappa shape index (κ2) is 23.7. The maximum Gasteiger partial charge on any atom is 2.00 e. The smallest absolute Gasteiger partial charge is 0.550 e. The molecule has 23 heavy (non-hydrogen) atoms. The molecule has 5 heteroatoms. The molecule has 0 rings (SSSR count). The molecule has 0 fully saturated rings. The van der Waals surface area contributed by atoms with Crippen molar-refractivity contribution in [3.8, 4) is 0 Å². The predicted molar refractivity (Wildman–Crippen MR) is 86.0 cm³/mol. The first-order valence-corrected chi connectivity index (χ1v) is 8.94. The first-order valence-electron chi connectivity index (χ1n) is 8.94. The van der Waals surface area contributed by atoms with Crippen LogP contribution < -0.4 is 10.2 Å². The van der Waals surface area contributed by atoms with Crippen molar-refractivity contribution in [1.29, 1.82) is 0 Å². The minimum atomic E-state index is -0.916. The summed E-state index contributed by atoms with van der Waals surface area (Å²) in [5.74, 6) is -1.83. The van der Waals surface area contributed by atoms with E-state index in [1.807, 2.05) is 0 Å². The molecule has 0 aromatic heterocycles. The van der Waals surface area contributed by atoms with Gasteiger partial charge in [0.05, 0.1) is 0 Å². The van der Waals surface area contributed by atoms with Crippen molar-refractivity contribution in [2.45, 2.75) is 104 Å². The van der Waals surface area contributed by atoms with Gasteiger partial charge in [-0.1, -0.05) is 78.1 Å². The quantitative estimate of drug-likeness (QED) is 0.439. The normalized spacial score (nSPS) is 9.48. The Balaban J connectivity index is -0.000000333. The van der Waals surface area contributed by atoms with Gasteiger partial charge in [0, 0.05) is 11.9 Å². The number of carbonyl (C=O) groups excluding carboxylic acids is 2. The van der Waals surface area contributed by atoms with Gasteiger partial charge in [-0.15, -0.1) is 0 Å². The third-order valence-corrected chi connectivity index (χ3v) is 3.47. The summed E-state index contributed by atoms with van der Waals surface area (Å²) in [6.07, 6.45) is 13.9. The largest absolute Gasteiger partial charge is 2.00 e. The molecule has 0 saturated carbocycles. The third kappa shape index (κ3) is 34.0. The Kier molecular flexibility index (Phi) is 28.1. The molecular weight excluding hydrogens is 339 g/mol. The molecule has 0 spiro atoms. The summed E-state index contributed by atoms with van der Waals surface area (Å²) in [7, 11) is 0. The Labute approximate surface area is 152 Å². The van der Waals surface area contributed by atoms with E-state index in [0.717, 1.165) is 25.7 Å². The van der Waals surface area contributed by atoms with Crippen molar-refractivity contribution in [1.82, 2.24) is 0 Å². The number of aliphatic carboxylic acids is 2. The van der Waals surface area contributed by atoms with Gasteiger partial charge in [-0.05, 0) is 25.7 Å². The minimum Gasteiger partial charge on any atom is -0.550 e. The summed E-state index contributed by atoms with van der Waals surface area (Å²) < 4.78 is 0. The van der Waals surface area contributed by atoms with Crippen LogP contribution in [0.25, 0.3) is 0 Å². The van der Waals surface area contributed by atoms with Gasteiger partial charge in [0.2, 0.25) is 0 Å². The maximum absolute atomic E-state index is 9.98. The fourth-order valence-corrected chi connectivity index (χ4v) is 2.10. The number of hydrogen-bond acceptors (Lipinski definition) is 4. The van der Waals surface area contributed by atoms with Crippen LogP contribution in [0.5, 0.6) is 0 Å². The Hall–Kier alpha value is -0.554. The average Bonchev–Trinajstić information content (AvgIpc) is 2.46. The van der Waals surface area contributed by atoms with Crippen LogP contribution in [-0.4, -0.2) is 11.9 Å². The second-order valence-electron chi connectivity index (χ2n) is 5.78. The van der Waals surface area contributed by atoms with Gasteiger partial charge in [0.25, 0.3) is 0 Å². The molecule has 139 valence electrons. The van der Waals surface area contributed by atoms with Crippen LogP contribution in [0.1, 0.15) is 104 Å². The van der Waals surface area contributed by atoms with Crippen molar-refractivity contribution < 1.29 is 36.6 Å². The monoisotopic (exact) mass is 373 g/mol. The van der Waals surface area contributed by atoms with Gasteiger partial charge < -0.3 is 19.8 Å². The number of carbonyl (C=O) groups is 2. The molecule has 0 N–H and O–H groups in total. The maximum atomic E-state index is 9.98. The molecule has 0 atom stereocenters. The van der Waals surface area contributed by atoms with E-state index in [0.29, 0.717) is 0 Å². The summed E-state index contributed by atoms with van der Waals surface area (Å²) in [5, 5.41) is 20.0. The number of carboxylic acid groups (broad SMARTS) is 2. The molecule has 4 nitrogen and oxygen atoms in total. The fourth-order valence-electron chi connectivity index (χ4n) is 2.10. The molecule has 1 radical (unpaired) electrons. The van der Waals surface area contributed by atoms with Crippen molar-refractivity contribution in [3.05, 3.63) is 0 Å². The molecule has 0 aromatic carbocycles. The van der Waals surface area contributed by atoms with Crippen molar-refractivity contribution in [2.75, 3.05) is 0 Å². The van der Waals surface area contributed by atoms with Gasteiger partial charge in [-0.2, -0.15) is 0 Å². The predicted octanol–water partition coefficient (Wildman–Crippen LogP) is 2.97. The molecule has 0 aromatic rings. The minimum absolute atomic E-state index is 0. The van der Waals surface area contributed by atoms with E-state index in [9.17, 15) is 19.8 Å². The van der Waals surface area contributed by atoms with Gasteiger partial charge in [-0.3, -0.25) is 0 Å². The SMILES string of the molecule is CCCCCCCCC(=O)[O-].CCCCCCCCC(=O)[O-].[Co+2]. The molecule has 0 aliphatic heterocycles. The molecule has 0 saturated heterocycles. The van der Waals surface area contributed by atoms with E-state index in [4.69, 9.17) is 0 Å². The fraction of sp³-hybridized carbons (Fsp3) is 0.889. The van der Waals surface area contributed by atoms with E-state index in [-0.39, 0.29) is 29.6 Å². The van der Waals surface area contributed by atoms with E-state index >= 15 is 0 Å². The topological polar surface area (TPSA) is 80.3 Å². The van der Waals surface area contributed by atoms with Crippen molar-refractivity contribution in [2.24, 2.45) is 0 Å². The van der Waals surface area contributed by atoms with Crippen LogP contribution >= 0.6 is 0 Å². The Morgan fingerprint density at radius 3 is 1.09 bits per heavy atom. The molecular formula is C18H34CoO4. The van der Waals surface area contributed by atoms with Crippen molar-refractivity contribution in [3.63, 3.8) is 0 Å². The van der Waals surface area contributed by atoms with E-state index < -0.39 is 11.9 Å². The average molecular weight is 373 g/mol. The molecule has 0 heterocycles. The van der Waals surface area contributed by atoms with Crippen molar-refractivity contribution >= 4 is 11.9 Å². The molecule has 0 unspecified atom stereocenters. The Morgan fingerprint density at radius 2 is 0.826 bits per heavy atom. The van der Waals surface area contributed by atoms with Gasteiger partial charge in [0.1, 0.15) is 0 Å². The number of carboxylic acids is 2. The Morgan fingerprint density at radius 1 is 0.565 bits per heavy atom. The molecule has 0 amide bonds. The van der Waals surface area contributed by atoms with Gasteiger partial charge in [-0.25, -0.2) is 0 Å². The first-order chi connectivity index (χ1) is 10.5. The van der Waals surface area contributed by atoms with E-state index in [2.05, 4.69) is 13.8 Å². The number of rotatable bonds is 14. The van der Waals surface area contributed by atoms with E-state index in [1.165, 1.54) is 51.4 Å². The Bertz CT molecular complexity index is 231. The van der Waals surface area contributed by atoms with Gasteiger partial charge in [0.15, 0.2) is 0 Å². The molecule has 0 bridgehead atoms. The van der Waals surface area contributed by atoms with E-state index in [1.54, 1.807) is 0 Å². The zero-order valence-electron chi connectivity index (χ0n) is 14.9. The zero-order valence-corrected chi connectivity index (χ0v) is 15.9. The first kappa shape index (κ1) is 27.3. The molecule has 0 aliphatic rings. The summed E-state index contributed by atoms with van der Waals surface area (Å²) in [4.78, 5) is 20.0. The van der Waals surface area contributed by atoms with Gasteiger partial charge >= 0.3 is 16.8 Å².